The maximum atomic E-state index is 12.8. The Morgan fingerprint density at radius 2 is 2.36 bits per heavy atom. The normalized spacial score (nSPS) is 13.3. The number of nitrogens with zero attached hydrogens (tertiary/aromatic N) is 1. The number of rotatable bonds is 2. The summed E-state index contributed by atoms with van der Waals surface area (Å²) in [6, 6.07) is 4.25. The standard InChI is InChI=1S/C8H6FNO2S2/c9-5-1-2-6-7(3-5)13-8(10-6)4-14(11)12/h1-3H,4H2,(H,11,12). The van der Waals surface area contributed by atoms with Gasteiger partial charge in [-0.25, -0.2) is 13.6 Å². The topological polar surface area (TPSA) is 50.2 Å². The first-order valence-electron chi connectivity index (χ1n) is 3.77. The molecule has 1 unspecified atom stereocenters. The third-order valence-corrected chi connectivity index (χ3v) is 3.36. The van der Waals surface area contributed by atoms with E-state index < -0.39 is 11.1 Å². The van der Waals surface area contributed by atoms with Crippen molar-refractivity contribution < 1.29 is 13.2 Å². The molecule has 0 aliphatic carbocycles. The zero-order valence-corrected chi connectivity index (χ0v) is 8.57. The van der Waals surface area contributed by atoms with E-state index in [1.807, 2.05) is 0 Å². The molecule has 0 fully saturated rings. The predicted molar refractivity (Wildman–Crippen MR) is 54.1 cm³/mol. The number of aromatic nitrogens is 1. The summed E-state index contributed by atoms with van der Waals surface area (Å²) >= 11 is -0.659. The Morgan fingerprint density at radius 1 is 1.57 bits per heavy atom. The van der Waals surface area contributed by atoms with E-state index in [-0.39, 0.29) is 11.6 Å². The molecule has 0 saturated heterocycles. The lowest BCUT2D eigenvalue weighted by Crippen LogP contribution is -1.90. The van der Waals surface area contributed by atoms with E-state index in [1.165, 1.54) is 23.5 Å². The highest BCUT2D eigenvalue weighted by Gasteiger charge is 2.06. The molecular formula is C8H6FNO2S2. The summed E-state index contributed by atoms with van der Waals surface area (Å²) in [6.07, 6.45) is 0. The highest BCUT2D eigenvalue weighted by Crippen LogP contribution is 2.23. The minimum Gasteiger partial charge on any atom is -0.306 e. The van der Waals surface area contributed by atoms with Crippen LogP contribution in [0.25, 0.3) is 10.2 Å². The maximum Gasteiger partial charge on any atom is 0.159 e. The lowest BCUT2D eigenvalue weighted by atomic mass is 10.3. The molecule has 0 bridgehead atoms. The summed E-state index contributed by atoms with van der Waals surface area (Å²) in [5.41, 5.74) is 0.664. The Kier molecular flexibility index (Phi) is 2.58. The summed E-state index contributed by atoms with van der Waals surface area (Å²) in [4.78, 5) is 4.09. The van der Waals surface area contributed by atoms with E-state index in [0.717, 1.165) is 0 Å². The van der Waals surface area contributed by atoms with E-state index in [0.29, 0.717) is 15.2 Å². The monoisotopic (exact) mass is 231 g/mol. The van der Waals surface area contributed by atoms with Crippen LogP contribution in [0.15, 0.2) is 18.2 Å². The molecule has 1 N–H and O–H groups in total. The van der Waals surface area contributed by atoms with Crippen LogP contribution in [0.1, 0.15) is 5.01 Å². The number of hydrogen-bond acceptors (Lipinski definition) is 3. The van der Waals surface area contributed by atoms with Crippen LogP contribution in [0.3, 0.4) is 0 Å². The largest absolute Gasteiger partial charge is 0.306 e. The Balaban J connectivity index is 2.46. The van der Waals surface area contributed by atoms with Gasteiger partial charge in [-0.3, -0.25) is 0 Å². The summed E-state index contributed by atoms with van der Waals surface area (Å²) < 4.78 is 32.6. The Bertz CT molecular complexity index is 497. The maximum absolute atomic E-state index is 12.8. The zero-order valence-electron chi connectivity index (χ0n) is 6.94. The molecule has 0 spiro atoms. The lowest BCUT2D eigenvalue weighted by molar-refractivity contribution is 0.563. The van der Waals surface area contributed by atoms with E-state index >= 15 is 0 Å². The van der Waals surface area contributed by atoms with Gasteiger partial charge in [0.15, 0.2) is 11.1 Å². The highest BCUT2D eigenvalue weighted by atomic mass is 32.2. The summed E-state index contributed by atoms with van der Waals surface area (Å²) in [5.74, 6) is -0.321. The second-order valence-electron chi connectivity index (χ2n) is 2.69. The van der Waals surface area contributed by atoms with Crippen LogP contribution in [0.2, 0.25) is 0 Å². The Hall–Kier alpha value is -0.850. The fraction of sp³-hybridized carbons (Fsp3) is 0.125. The Morgan fingerprint density at radius 3 is 3.07 bits per heavy atom. The van der Waals surface area contributed by atoms with Crippen LogP contribution in [0, 0.1) is 5.82 Å². The minimum absolute atomic E-state index is 0.000958. The quantitative estimate of drug-likeness (QED) is 0.806. The second kappa shape index (κ2) is 3.72. The first-order valence-corrected chi connectivity index (χ1v) is 5.87. The van der Waals surface area contributed by atoms with Gasteiger partial charge in [-0.2, -0.15) is 0 Å². The van der Waals surface area contributed by atoms with Crippen molar-refractivity contribution >= 4 is 32.6 Å². The first kappa shape index (κ1) is 9.70. The van der Waals surface area contributed by atoms with Gasteiger partial charge >= 0.3 is 0 Å². The van der Waals surface area contributed by atoms with Gasteiger partial charge in [0.2, 0.25) is 0 Å². The molecular weight excluding hydrogens is 225 g/mol. The van der Waals surface area contributed by atoms with Gasteiger partial charge in [0, 0.05) is 0 Å². The highest BCUT2D eigenvalue weighted by molar-refractivity contribution is 7.78. The van der Waals surface area contributed by atoms with Crippen LogP contribution < -0.4 is 0 Å². The fourth-order valence-electron chi connectivity index (χ4n) is 1.11. The van der Waals surface area contributed by atoms with Crippen molar-refractivity contribution in [3.63, 3.8) is 0 Å². The molecule has 2 rings (SSSR count). The van der Waals surface area contributed by atoms with Crippen LogP contribution in [-0.4, -0.2) is 13.7 Å². The Labute approximate surface area is 85.9 Å². The third kappa shape index (κ3) is 1.97. The van der Waals surface area contributed by atoms with Crippen LogP contribution in [0.5, 0.6) is 0 Å². The SMILES string of the molecule is O=S(O)Cc1nc2ccc(F)cc2s1. The van der Waals surface area contributed by atoms with Gasteiger partial charge < -0.3 is 4.55 Å². The number of halogens is 1. The van der Waals surface area contributed by atoms with Crippen molar-refractivity contribution in [2.45, 2.75) is 5.75 Å². The second-order valence-corrected chi connectivity index (χ2v) is 4.73. The van der Waals surface area contributed by atoms with E-state index in [4.69, 9.17) is 4.55 Å². The van der Waals surface area contributed by atoms with Crippen LogP contribution >= 0.6 is 11.3 Å². The third-order valence-electron chi connectivity index (χ3n) is 1.64. The fourth-order valence-corrected chi connectivity index (χ4v) is 2.72. The predicted octanol–water partition coefficient (Wildman–Crippen LogP) is 2.16. The van der Waals surface area contributed by atoms with Crippen LogP contribution in [0.4, 0.5) is 4.39 Å². The van der Waals surface area contributed by atoms with Crippen molar-refractivity contribution in [3.8, 4) is 0 Å². The summed E-state index contributed by atoms with van der Waals surface area (Å²) in [6.45, 7) is 0. The minimum atomic E-state index is -1.89. The van der Waals surface area contributed by atoms with Gasteiger partial charge in [0.1, 0.15) is 16.6 Å². The molecule has 1 heterocycles. The molecule has 1 aromatic carbocycles. The molecule has 6 heteroatoms. The van der Waals surface area contributed by atoms with Gasteiger partial charge in [0.05, 0.1) is 10.2 Å². The van der Waals surface area contributed by atoms with Gasteiger partial charge in [0.25, 0.3) is 0 Å². The van der Waals surface area contributed by atoms with Crippen molar-refractivity contribution in [1.29, 1.82) is 0 Å². The molecule has 2 aromatic rings. The molecule has 3 nitrogen and oxygen atoms in total. The van der Waals surface area contributed by atoms with Crippen LogP contribution in [-0.2, 0) is 16.8 Å². The lowest BCUT2D eigenvalue weighted by Gasteiger charge is -1.85. The average Bonchev–Trinajstić information content (AvgIpc) is 2.44. The van der Waals surface area contributed by atoms with Crippen molar-refractivity contribution in [2.24, 2.45) is 0 Å². The average molecular weight is 231 g/mol. The molecule has 1 aromatic heterocycles. The zero-order chi connectivity index (χ0) is 10.1. The molecule has 14 heavy (non-hydrogen) atoms. The van der Waals surface area contributed by atoms with Crippen molar-refractivity contribution in [2.75, 3.05) is 0 Å². The molecule has 1 atom stereocenters. The molecule has 0 radical (unpaired) electrons. The number of fused-ring (bicyclic) bond motifs is 1. The molecule has 0 amide bonds. The van der Waals surface area contributed by atoms with Crippen molar-refractivity contribution in [3.05, 3.63) is 29.0 Å². The number of benzene rings is 1. The van der Waals surface area contributed by atoms with Gasteiger partial charge in [-0.15, -0.1) is 11.3 Å². The van der Waals surface area contributed by atoms with Gasteiger partial charge in [-0.1, -0.05) is 0 Å². The summed E-state index contributed by atoms with van der Waals surface area (Å²) in [7, 11) is 0. The molecule has 0 aliphatic heterocycles. The van der Waals surface area contributed by atoms with E-state index in [9.17, 15) is 8.60 Å². The number of thiazole rings is 1. The smallest absolute Gasteiger partial charge is 0.159 e. The molecule has 74 valence electrons. The van der Waals surface area contributed by atoms with E-state index in [1.54, 1.807) is 6.07 Å². The molecule has 0 aliphatic rings. The van der Waals surface area contributed by atoms with E-state index in [2.05, 4.69) is 4.98 Å². The first-order chi connectivity index (χ1) is 6.65. The van der Waals surface area contributed by atoms with Gasteiger partial charge in [-0.05, 0) is 18.2 Å². The molecule has 0 saturated carbocycles. The van der Waals surface area contributed by atoms with Crippen molar-refractivity contribution in [1.82, 2.24) is 4.98 Å². The number of hydrogen-bond donors (Lipinski definition) is 1. The summed E-state index contributed by atoms with van der Waals surface area (Å²) in [5, 5.41) is 0.548.